The van der Waals surface area contributed by atoms with Crippen LogP contribution in [0.4, 0.5) is 11.4 Å². The van der Waals surface area contributed by atoms with Gasteiger partial charge >= 0.3 is 11.4 Å². The Labute approximate surface area is 212 Å². The van der Waals surface area contributed by atoms with Crippen LogP contribution in [0.3, 0.4) is 0 Å². The zero-order valence-corrected chi connectivity index (χ0v) is 20.2. The summed E-state index contributed by atoms with van der Waals surface area (Å²) in [5.41, 5.74) is -0.646. The highest BCUT2D eigenvalue weighted by molar-refractivity contribution is 8.00. The number of aromatic hydroxyl groups is 2. The van der Waals surface area contributed by atoms with E-state index < -0.39 is 9.85 Å². The maximum atomic E-state index is 10.8. The van der Waals surface area contributed by atoms with Gasteiger partial charge in [-0.15, -0.1) is 0 Å². The highest BCUT2D eigenvalue weighted by Crippen LogP contribution is 2.38. The summed E-state index contributed by atoms with van der Waals surface area (Å²) in [7, 11) is 0. The molecule has 0 aromatic heterocycles. The Hall–Kier alpha value is -3.67. The second kappa shape index (κ2) is 10.7. The van der Waals surface area contributed by atoms with E-state index in [9.17, 15) is 30.4 Å². The van der Waals surface area contributed by atoms with Gasteiger partial charge in [0.15, 0.2) is 11.5 Å². The van der Waals surface area contributed by atoms with Crippen LogP contribution in [0.15, 0.2) is 114 Å². The average molecular weight is 525 g/mol. The van der Waals surface area contributed by atoms with Gasteiger partial charge in [-0.1, -0.05) is 35.3 Å². The van der Waals surface area contributed by atoms with E-state index in [2.05, 4.69) is 0 Å². The number of phenolic OH excluding ortho intramolecular Hbond substituents is 2. The first-order valence-electron chi connectivity index (χ1n) is 9.97. The van der Waals surface area contributed by atoms with Gasteiger partial charge in [0, 0.05) is 53.6 Å². The highest BCUT2D eigenvalue weighted by atomic mass is 32.2. The summed E-state index contributed by atoms with van der Waals surface area (Å²) in [6.45, 7) is 0. The Morgan fingerprint density at radius 3 is 1.00 bits per heavy atom. The van der Waals surface area contributed by atoms with E-state index in [1.807, 2.05) is 48.5 Å². The Balaban J connectivity index is 1.36. The normalized spacial score (nSPS) is 10.7. The van der Waals surface area contributed by atoms with Crippen LogP contribution in [-0.2, 0) is 0 Å². The van der Waals surface area contributed by atoms with Crippen molar-refractivity contribution < 1.29 is 20.1 Å². The number of hydrogen-bond acceptors (Lipinski definition) is 9. The van der Waals surface area contributed by atoms with Gasteiger partial charge in [-0.05, 0) is 60.7 Å². The standard InChI is InChI=1S/C24H16N2O6S3/c27-23-13-19(9-11-21(23)25(29)30)34-17-5-1-15(2-6-17)33-16-3-7-18(8-4-16)35-20-10-12-22(26(31)32)24(28)14-20/h1-14,27-28H. The van der Waals surface area contributed by atoms with Crippen LogP contribution in [0.2, 0.25) is 0 Å². The van der Waals surface area contributed by atoms with E-state index in [4.69, 9.17) is 0 Å². The molecule has 0 aliphatic rings. The number of nitro benzene ring substituents is 2. The lowest BCUT2D eigenvalue weighted by molar-refractivity contribution is -0.386. The van der Waals surface area contributed by atoms with Gasteiger partial charge in [0.25, 0.3) is 0 Å². The van der Waals surface area contributed by atoms with E-state index in [1.165, 1.54) is 47.8 Å². The predicted octanol–water partition coefficient (Wildman–Crippen LogP) is 7.37. The minimum atomic E-state index is -0.623. The van der Waals surface area contributed by atoms with Crippen LogP contribution in [0.25, 0.3) is 0 Å². The van der Waals surface area contributed by atoms with E-state index in [1.54, 1.807) is 23.9 Å². The zero-order chi connectivity index (χ0) is 24.9. The lowest BCUT2D eigenvalue weighted by atomic mass is 10.3. The number of nitrogens with zero attached hydrogens (tertiary/aromatic N) is 2. The molecule has 0 saturated heterocycles. The van der Waals surface area contributed by atoms with Gasteiger partial charge < -0.3 is 10.2 Å². The molecule has 8 nitrogen and oxygen atoms in total. The van der Waals surface area contributed by atoms with Crippen molar-refractivity contribution >= 4 is 46.7 Å². The summed E-state index contributed by atoms with van der Waals surface area (Å²) in [6.07, 6.45) is 0. The van der Waals surface area contributed by atoms with Crippen molar-refractivity contribution in [1.82, 2.24) is 0 Å². The number of phenols is 2. The third-order valence-electron chi connectivity index (χ3n) is 4.64. The number of hydrogen-bond donors (Lipinski definition) is 2. The van der Waals surface area contributed by atoms with Gasteiger partial charge in [0.05, 0.1) is 9.85 Å². The summed E-state index contributed by atoms with van der Waals surface area (Å²) in [6, 6.07) is 24.2. The second-order valence-corrected chi connectivity index (χ2v) is 10.5. The van der Waals surface area contributed by atoms with Crippen molar-refractivity contribution in [2.24, 2.45) is 0 Å². The van der Waals surface area contributed by atoms with Gasteiger partial charge in [-0.25, -0.2) is 0 Å². The molecule has 176 valence electrons. The molecule has 35 heavy (non-hydrogen) atoms. The highest BCUT2D eigenvalue weighted by Gasteiger charge is 2.14. The lowest BCUT2D eigenvalue weighted by Gasteiger charge is -2.07. The molecule has 0 saturated carbocycles. The van der Waals surface area contributed by atoms with Crippen molar-refractivity contribution in [3.63, 3.8) is 0 Å². The molecular formula is C24H16N2O6S3. The van der Waals surface area contributed by atoms with E-state index in [0.29, 0.717) is 9.79 Å². The van der Waals surface area contributed by atoms with E-state index in [0.717, 1.165) is 19.6 Å². The summed E-state index contributed by atoms with van der Waals surface area (Å²) in [5.74, 6) is -0.724. The smallest absolute Gasteiger partial charge is 0.310 e. The molecule has 0 aliphatic heterocycles. The first-order chi connectivity index (χ1) is 16.8. The first kappa shape index (κ1) is 24.5. The van der Waals surface area contributed by atoms with Crippen LogP contribution in [-0.4, -0.2) is 20.1 Å². The number of rotatable bonds is 8. The minimum absolute atomic E-state index is 0.323. The Bertz CT molecular complexity index is 1290. The first-order valence-corrected chi connectivity index (χ1v) is 12.4. The molecule has 0 spiro atoms. The maximum absolute atomic E-state index is 10.8. The van der Waals surface area contributed by atoms with Crippen molar-refractivity contribution in [3.05, 3.63) is 105 Å². The summed E-state index contributed by atoms with van der Waals surface area (Å²) in [5, 5.41) is 41.3. The fourth-order valence-corrected chi connectivity index (χ4v) is 5.52. The molecular weight excluding hydrogens is 508 g/mol. The summed E-state index contributed by atoms with van der Waals surface area (Å²) < 4.78 is 0. The lowest BCUT2D eigenvalue weighted by Crippen LogP contribution is -1.88. The molecule has 0 bridgehead atoms. The van der Waals surface area contributed by atoms with E-state index >= 15 is 0 Å². The van der Waals surface area contributed by atoms with Crippen LogP contribution >= 0.6 is 35.3 Å². The summed E-state index contributed by atoms with van der Waals surface area (Å²) >= 11 is 4.37. The van der Waals surface area contributed by atoms with Crippen LogP contribution in [0.5, 0.6) is 11.5 Å². The zero-order valence-electron chi connectivity index (χ0n) is 17.7. The maximum Gasteiger partial charge on any atom is 0.310 e. The monoisotopic (exact) mass is 524 g/mol. The Kier molecular flexibility index (Phi) is 7.49. The van der Waals surface area contributed by atoms with Crippen molar-refractivity contribution in [2.75, 3.05) is 0 Å². The minimum Gasteiger partial charge on any atom is -0.502 e. The molecule has 0 atom stereocenters. The van der Waals surface area contributed by atoms with Gasteiger partial charge in [0.1, 0.15) is 0 Å². The van der Waals surface area contributed by atoms with Crippen molar-refractivity contribution in [3.8, 4) is 11.5 Å². The van der Waals surface area contributed by atoms with Gasteiger partial charge in [-0.2, -0.15) is 0 Å². The third kappa shape index (κ3) is 6.27. The molecule has 0 aliphatic carbocycles. The Morgan fingerprint density at radius 1 is 0.486 bits per heavy atom. The van der Waals surface area contributed by atoms with Crippen LogP contribution in [0.1, 0.15) is 0 Å². The largest absolute Gasteiger partial charge is 0.502 e. The SMILES string of the molecule is O=[N+]([O-])c1ccc(Sc2ccc(Sc3ccc(Sc4ccc([N+](=O)[O-])c(O)c4)cc3)cc2)cc1O. The topological polar surface area (TPSA) is 127 Å². The molecule has 0 amide bonds. The molecule has 0 radical (unpaired) electrons. The van der Waals surface area contributed by atoms with Crippen molar-refractivity contribution in [1.29, 1.82) is 0 Å². The van der Waals surface area contributed by atoms with Gasteiger partial charge in [-0.3, -0.25) is 20.2 Å². The molecule has 0 unspecified atom stereocenters. The van der Waals surface area contributed by atoms with Crippen molar-refractivity contribution in [2.45, 2.75) is 29.4 Å². The third-order valence-corrected chi connectivity index (χ3v) is 7.65. The molecule has 2 N–H and O–H groups in total. The van der Waals surface area contributed by atoms with E-state index in [-0.39, 0.29) is 22.9 Å². The molecule has 4 rings (SSSR count). The second-order valence-electron chi connectivity index (χ2n) is 7.06. The molecule has 0 heterocycles. The quantitative estimate of drug-likeness (QED) is 0.179. The van der Waals surface area contributed by atoms with Crippen LogP contribution < -0.4 is 0 Å². The summed E-state index contributed by atoms with van der Waals surface area (Å²) in [4.78, 5) is 25.7. The fourth-order valence-electron chi connectivity index (χ4n) is 3.00. The number of nitro groups is 2. The molecule has 4 aromatic rings. The predicted molar refractivity (Wildman–Crippen MR) is 135 cm³/mol. The number of benzene rings is 4. The molecule has 11 heteroatoms. The fraction of sp³-hybridized carbons (Fsp3) is 0. The van der Waals surface area contributed by atoms with Gasteiger partial charge in [0.2, 0.25) is 0 Å². The Morgan fingerprint density at radius 2 is 0.743 bits per heavy atom. The average Bonchev–Trinajstić information content (AvgIpc) is 2.81. The van der Waals surface area contributed by atoms with Crippen LogP contribution in [0, 0.1) is 20.2 Å². The molecule has 4 aromatic carbocycles. The molecule has 0 fully saturated rings.